The number of halogens is 2. The number of benzene rings is 1. The Morgan fingerprint density at radius 3 is 2.80 bits per heavy atom. The van der Waals surface area contributed by atoms with Crippen LogP contribution in [0.15, 0.2) is 30.4 Å². The van der Waals surface area contributed by atoms with Crippen molar-refractivity contribution in [3.8, 4) is 0 Å². The molecular formula is C14H15ClFNO3. The number of rotatable bonds is 5. The minimum absolute atomic E-state index is 0.0988. The van der Waals surface area contributed by atoms with E-state index < -0.39 is 23.8 Å². The fraction of sp³-hybridized carbons (Fsp3) is 0.286. The molecule has 0 unspecified atom stereocenters. The highest BCUT2D eigenvalue weighted by Crippen LogP contribution is 2.19. The Labute approximate surface area is 121 Å². The third-order valence-corrected chi connectivity index (χ3v) is 2.63. The van der Waals surface area contributed by atoms with Gasteiger partial charge in [0.05, 0.1) is 5.02 Å². The summed E-state index contributed by atoms with van der Waals surface area (Å²) in [5.41, 5.74) is 0.327. The number of carbonyl (C=O) groups is 2. The molecule has 0 radical (unpaired) electrons. The van der Waals surface area contributed by atoms with Crippen LogP contribution < -0.4 is 5.32 Å². The molecule has 1 aromatic carbocycles. The van der Waals surface area contributed by atoms with Crippen molar-refractivity contribution in [3.05, 3.63) is 41.2 Å². The monoisotopic (exact) mass is 299 g/mol. The predicted octanol–water partition coefficient (Wildman–Crippen LogP) is 3.32. The average Bonchev–Trinajstić information content (AvgIpc) is 2.40. The zero-order valence-corrected chi connectivity index (χ0v) is 11.9. The van der Waals surface area contributed by atoms with E-state index in [2.05, 4.69) is 5.32 Å². The molecule has 0 aliphatic carbocycles. The normalized spacial score (nSPS) is 12.2. The fourth-order valence-electron chi connectivity index (χ4n) is 1.30. The van der Waals surface area contributed by atoms with Gasteiger partial charge in [-0.15, -0.1) is 0 Å². The maximum absolute atomic E-state index is 13.0. The molecule has 0 aliphatic heterocycles. The van der Waals surface area contributed by atoms with Crippen molar-refractivity contribution in [2.45, 2.75) is 26.4 Å². The summed E-state index contributed by atoms with van der Waals surface area (Å²) in [5, 5.41) is 2.38. The zero-order chi connectivity index (χ0) is 15.1. The van der Waals surface area contributed by atoms with Crippen molar-refractivity contribution in [2.75, 3.05) is 5.32 Å². The lowest BCUT2D eigenvalue weighted by Crippen LogP contribution is -2.29. The highest BCUT2D eigenvalue weighted by molar-refractivity contribution is 6.31. The van der Waals surface area contributed by atoms with E-state index in [0.717, 1.165) is 6.07 Å². The molecule has 4 nitrogen and oxygen atoms in total. The van der Waals surface area contributed by atoms with Crippen LogP contribution in [0.4, 0.5) is 10.1 Å². The first-order valence-corrected chi connectivity index (χ1v) is 6.45. The molecule has 1 N–H and O–H groups in total. The van der Waals surface area contributed by atoms with Crippen molar-refractivity contribution >= 4 is 29.2 Å². The van der Waals surface area contributed by atoms with E-state index in [1.807, 2.05) is 6.92 Å². The number of amides is 1. The van der Waals surface area contributed by atoms with Crippen LogP contribution in [0.3, 0.4) is 0 Å². The summed E-state index contributed by atoms with van der Waals surface area (Å²) >= 11 is 5.60. The summed E-state index contributed by atoms with van der Waals surface area (Å²) in [4.78, 5) is 23.1. The van der Waals surface area contributed by atoms with Crippen LogP contribution in [-0.4, -0.2) is 18.0 Å². The lowest BCUT2D eigenvalue weighted by atomic mass is 10.3. The molecule has 6 heteroatoms. The number of hydrogen-bond acceptors (Lipinski definition) is 3. The van der Waals surface area contributed by atoms with Crippen LogP contribution in [0, 0.1) is 5.82 Å². The largest absolute Gasteiger partial charge is 0.449 e. The van der Waals surface area contributed by atoms with E-state index in [1.165, 1.54) is 25.1 Å². The SMILES string of the molecule is CC/C=C/C(=O)O[C@H](C)C(=O)Nc1ccc(F)c(Cl)c1. The Morgan fingerprint density at radius 1 is 1.50 bits per heavy atom. The number of esters is 1. The third-order valence-electron chi connectivity index (χ3n) is 2.34. The lowest BCUT2D eigenvalue weighted by molar-refractivity contribution is -0.148. The van der Waals surface area contributed by atoms with Crippen molar-refractivity contribution in [1.82, 2.24) is 0 Å². The second-order valence-electron chi connectivity index (χ2n) is 4.01. The van der Waals surface area contributed by atoms with Crippen molar-refractivity contribution in [2.24, 2.45) is 0 Å². The number of ether oxygens (including phenoxy) is 1. The van der Waals surface area contributed by atoms with Gasteiger partial charge in [-0.25, -0.2) is 9.18 Å². The average molecular weight is 300 g/mol. The molecule has 0 spiro atoms. The smallest absolute Gasteiger partial charge is 0.331 e. The molecule has 0 heterocycles. The lowest BCUT2D eigenvalue weighted by Gasteiger charge is -2.12. The molecule has 0 bridgehead atoms. The summed E-state index contributed by atoms with van der Waals surface area (Å²) in [6.45, 7) is 3.32. The maximum atomic E-state index is 13.0. The van der Waals surface area contributed by atoms with E-state index in [0.29, 0.717) is 12.1 Å². The zero-order valence-electron chi connectivity index (χ0n) is 11.2. The van der Waals surface area contributed by atoms with Crippen molar-refractivity contribution in [3.63, 3.8) is 0 Å². The van der Waals surface area contributed by atoms with Crippen molar-refractivity contribution in [1.29, 1.82) is 0 Å². The summed E-state index contributed by atoms with van der Waals surface area (Å²) in [6, 6.07) is 3.78. The topological polar surface area (TPSA) is 55.4 Å². The summed E-state index contributed by atoms with van der Waals surface area (Å²) in [5.74, 6) is -1.69. The second kappa shape index (κ2) is 7.65. The quantitative estimate of drug-likeness (QED) is 0.670. The van der Waals surface area contributed by atoms with Crippen LogP contribution in [0.2, 0.25) is 5.02 Å². The summed E-state index contributed by atoms with van der Waals surface area (Å²) < 4.78 is 17.9. The molecule has 0 saturated carbocycles. The van der Waals surface area contributed by atoms with Gasteiger partial charge in [-0.3, -0.25) is 4.79 Å². The molecule has 0 aromatic heterocycles. The summed E-state index contributed by atoms with van der Waals surface area (Å²) in [6.07, 6.45) is 2.63. The van der Waals surface area contributed by atoms with Gasteiger partial charge in [0.15, 0.2) is 6.10 Å². The van der Waals surface area contributed by atoms with E-state index in [9.17, 15) is 14.0 Å². The van der Waals surface area contributed by atoms with Gasteiger partial charge in [0.2, 0.25) is 0 Å². The van der Waals surface area contributed by atoms with Crippen LogP contribution in [0.1, 0.15) is 20.3 Å². The first kappa shape index (κ1) is 16.2. The standard InChI is InChI=1S/C14H15ClFNO3/c1-3-4-5-13(18)20-9(2)14(19)17-10-6-7-12(16)11(15)8-10/h4-9H,3H2,1-2H3,(H,17,19)/b5-4+/t9-/m1/s1. The number of carbonyl (C=O) groups excluding carboxylic acids is 2. The van der Waals surface area contributed by atoms with Crippen molar-refractivity contribution < 1.29 is 18.7 Å². The number of nitrogens with one attached hydrogen (secondary N) is 1. The highest BCUT2D eigenvalue weighted by Gasteiger charge is 2.17. The first-order chi connectivity index (χ1) is 9.43. The number of allylic oxidation sites excluding steroid dienone is 1. The third kappa shape index (κ3) is 5.01. The fourth-order valence-corrected chi connectivity index (χ4v) is 1.48. The van der Waals surface area contributed by atoms with E-state index in [-0.39, 0.29) is 5.02 Å². The van der Waals surface area contributed by atoms with Gasteiger partial charge in [0.25, 0.3) is 5.91 Å². The summed E-state index contributed by atoms with van der Waals surface area (Å²) in [7, 11) is 0. The van der Waals surface area contributed by atoms with E-state index in [1.54, 1.807) is 6.08 Å². The van der Waals surface area contributed by atoms with Gasteiger partial charge in [-0.1, -0.05) is 24.6 Å². The molecule has 0 saturated heterocycles. The predicted molar refractivity (Wildman–Crippen MR) is 75.0 cm³/mol. The van der Waals surface area contributed by atoms with Gasteiger partial charge in [-0.2, -0.15) is 0 Å². The van der Waals surface area contributed by atoms with Gasteiger partial charge in [0, 0.05) is 11.8 Å². The molecule has 108 valence electrons. The van der Waals surface area contributed by atoms with Gasteiger partial charge >= 0.3 is 5.97 Å². The highest BCUT2D eigenvalue weighted by atomic mass is 35.5. The molecular weight excluding hydrogens is 285 g/mol. The Bertz CT molecular complexity index is 531. The minimum atomic E-state index is -0.965. The molecule has 20 heavy (non-hydrogen) atoms. The van der Waals surface area contributed by atoms with Crippen LogP contribution in [0.5, 0.6) is 0 Å². The Balaban J connectivity index is 2.59. The van der Waals surface area contributed by atoms with Gasteiger partial charge in [0.1, 0.15) is 5.82 Å². The molecule has 1 aromatic rings. The Kier molecular flexibility index (Phi) is 6.18. The van der Waals surface area contributed by atoms with Crippen LogP contribution in [0.25, 0.3) is 0 Å². The Morgan fingerprint density at radius 2 is 2.20 bits per heavy atom. The van der Waals surface area contributed by atoms with Gasteiger partial charge < -0.3 is 10.1 Å². The first-order valence-electron chi connectivity index (χ1n) is 6.07. The molecule has 0 fully saturated rings. The molecule has 1 rings (SSSR count). The number of hydrogen-bond donors (Lipinski definition) is 1. The van der Waals surface area contributed by atoms with Crippen LogP contribution in [-0.2, 0) is 14.3 Å². The van der Waals surface area contributed by atoms with Gasteiger partial charge in [-0.05, 0) is 31.5 Å². The van der Waals surface area contributed by atoms with E-state index >= 15 is 0 Å². The number of anilines is 1. The molecule has 0 aliphatic rings. The Hall–Kier alpha value is -1.88. The van der Waals surface area contributed by atoms with Crippen LogP contribution >= 0.6 is 11.6 Å². The molecule has 1 amide bonds. The van der Waals surface area contributed by atoms with E-state index in [4.69, 9.17) is 16.3 Å². The second-order valence-corrected chi connectivity index (χ2v) is 4.42. The minimum Gasteiger partial charge on any atom is -0.449 e. The maximum Gasteiger partial charge on any atom is 0.331 e. The molecule has 1 atom stereocenters.